The summed E-state index contributed by atoms with van der Waals surface area (Å²) < 4.78 is 5.70. The molecule has 0 radical (unpaired) electrons. The zero-order valence-electron chi connectivity index (χ0n) is 13.5. The summed E-state index contributed by atoms with van der Waals surface area (Å²) in [5.41, 5.74) is 5.53. The molecule has 0 spiro atoms. The number of carbonyl (C=O) groups is 1. The van der Waals surface area contributed by atoms with E-state index in [1.807, 2.05) is 6.92 Å². The van der Waals surface area contributed by atoms with Gasteiger partial charge in [-0.25, -0.2) is 0 Å². The average molecular weight is 283 g/mol. The van der Waals surface area contributed by atoms with Crippen LogP contribution >= 0.6 is 0 Å². The first-order valence-electron chi connectivity index (χ1n) is 8.56. The van der Waals surface area contributed by atoms with Gasteiger partial charge in [-0.1, -0.05) is 51.9 Å². The summed E-state index contributed by atoms with van der Waals surface area (Å²) in [4.78, 5) is 12.5. The molecule has 2 N–H and O–H groups in total. The molecule has 3 heteroatoms. The van der Waals surface area contributed by atoms with Crippen LogP contribution in [0.4, 0.5) is 0 Å². The zero-order valence-corrected chi connectivity index (χ0v) is 13.5. The summed E-state index contributed by atoms with van der Waals surface area (Å²) in [6, 6.07) is 0. The Labute approximate surface area is 124 Å². The third-order valence-corrected chi connectivity index (χ3v) is 4.66. The summed E-state index contributed by atoms with van der Waals surface area (Å²) in [6.07, 6.45) is 12.4. The van der Waals surface area contributed by atoms with E-state index >= 15 is 0 Å². The molecule has 0 aromatic heterocycles. The molecule has 1 atom stereocenters. The summed E-state index contributed by atoms with van der Waals surface area (Å²) in [5.74, 6) is -0.0371. The van der Waals surface area contributed by atoms with Gasteiger partial charge < -0.3 is 10.5 Å². The Kier molecular flexibility index (Phi) is 8.20. The van der Waals surface area contributed by atoms with Crippen LogP contribution in [0, 0.1) is 5.41 Å². The van der Waals surface area contributed by atoms with E-state index in [1.165, 1.54) is 32.1 Å². The van der Waals surface area contributed by atoms with Crippen molar-refractivity contribution in [1.29, 1.82) is 0 Å². The van der Waals surface area contributed by atoms with Crippen LogP contribution in [0.2, 0.25) is 0 Å². The lowest BCUT2D eigenvalue weighted by Crippen LogP contribution is -2.41. The lowest BCUT2D eigenvalue weighted by Gasteiger charge is -2.30. The highest BCUT2D eigenvalue weighted by Crippen LogP contribution is 2.35. The van der Waals surface area contributed by atoms with Crippen LogP contribution < -0.4 is 5.73 Å². The monoisotopic (exact) mass is 283 g/mol. The predicted molar refractivity (Wildman–Crippen MR) is 83.5 cm³/mol. The minimum absolute atomic E-state index is 0.0334. The first-order valence-corrected chi connectivity index (χ1v) is 8.56. The molecule has 3 nitrogen and oxygen atoms in total. The van der Waals surface area contributed by atoms with Gasteiger partial charge >= 0.3 is 5.97 Å². The van der Waals surface area contributed by atoms with Crippen molar-refractivity contribution < 1.29 is 9.53 Å². The van der Waals surface area contributed by atoms with Crippen molar-refractivity contribution in [1.82, 2.24) is 0 Å². The first kappa shape index (κ1) is 17.5. The van der Waals surface area contributed by atoms with E-state index in [0.717, 1.165) is 38.5 Å². The van der Waals surface area contributed by atoms with Gasteiger partial charge in [0.25, 0.3) is 0 Å². The van der Waals surface area contributed by atoms with E-state index < -0.39 is 5.41 Å². The lowest BCUT2D eigenvalue weighted by molar-refractivity contribution is -0.161. The molecule has 1 unspecified atom stereocenters. The van der Waals surface area contributed by atoms with Gasteiger partial charge in [-0.05, 0) is 32.6 Å². The van der Waals surface area contributed by atoms with Crippen molar-refractivity contribution in [2.45, 2.75) is 90.6 Å². The van der Waals surface area contributed by atoms with E-state index in [1.54, 1.807) is 0 Å². The molecule has 1 rings (SSSR count). The van der Waals surface area contributed by atoms with Crippen LogP contribution in [-0.4, -0.2) is 18.6 Å². The largest absolute Gasteiger partial charge is 0.462 e. The van der Waals surface area contributed by atoms with Gasteiger partial charge in [-0.2, -0.15) is 0 Å². The molecule has 118 valence electrons. The fraction of sp³-hybridized carbons (Fsp3) is 0.941. The Morgan fingerprint density at radius 3 is 2.35 bits per heavy atom. The fourth-order valence-corrected chi connectivity index (χ4v) is 3.12. The van der Waals surface area contributed by atoms with Crippen molar-refractivity contribution in [3.63, 3.8) is 0 Å². The van der Waals surface area contributed by atoms with Crippen LogP contribution in [0.15, 0.2) is 0 Å². The lowest BCUT2D eigenvalue weighted by atomic mass is 9.80. The fourth-order valence-electron chi connectivity index (χ4n) is 3.12. The Bertz CT molecular complexity index is 270. The molecule has 0 aliphatic heterocycles. The third kappa shape index (κ3) is 5.43. The number of hydrogen-bond donors (Lipinski definition) is 1. The van der Waals surface area contributed by atoms with Crippen molar-refractivity contribution in [3.8, 4) is 0 Å². The first-order chi connectivity index (χ1) is 9.64. The molecular weight excluding hydrogens is 250 g/mol. The summed E-state index contributed by atoms with van der Waals surface area (Å²) >= 11 is 0. The molecule has 0 bridgehead atoms. The molecule has 20 heavy (non-hydrogen) atoms. The quantitative estimate of drug-likeness (QED) is 0.413. The molecule has 0 aromatic rings. The van der Waals surface area contributed by atoms with E-state index in [0.29, 0.717) is 6.54 Å². The second kappa shape index (κ2) is 9.38. The van der Waals surface area contributed by atoms with Gasteiger partial charge in [0.2, 0.25) is 0 Å². The standard InChI is InChI=1S/C17H33NO2/c1-3-4-5-8-11-15(2)20-16(19)17(14-18)12-9-6-7-10-13-17/h15H,3-14,18H2,1-2H3. The zero-order chi connectivity index (χ0) is 14.8. The van der Waals surface area contributed by atoms with E-state index in [9.17, 15) is 4.79 Å². The number of ether oxygens (including phenoxy) is 1. The average Bonchev–Trinajstić information content (AvgIpc) is 2.70. The highest BCUT2D eigenvalue weighted by molar-refractivity contribution is 5.77. The number of carbonyl (C=O) groups excluding carboxylic acids is 1. The van der Waals surface area contributed by atoms with Crippen molar-refractivity contribution >= 4 is 5.97 Å². The molecule has 1 aliphatic rings. The van der Waals surface area contributed by atoms with Crippen LogP contribution in [0.3, 0.4) is 0 Å². The Balaban J connectivity index is 2.41. The van der Waals surface area contributed by atoms with Gasteiger partial charge in [0, 0.05) is 6.54 Å². The normalized spacial score (nSPS) is 20.1. The second-order valence-electron chi connectivity index (χ2n) is 6.46. The number of nitrogens with two attached hydrogens (primary N) is 1. The van der Waals surface area contributed by atoms with Gasteiger partial charge in [0.05, 0.1) is 11.5 Å². The summed E-state index contributed by atoms with van der Waals surface area (Å²) in [7, 11) is 0. The van der Waals surface area contributed by atoms with Crippen LogP contribution in [-0.2, 0) is 9.53 Å². The Hall–Kier alpha value is -0.570. The van der Waals surface area contributed by atoms with Crippen LogP contribution in [0.5, 0.6) is 0 Å². The SMILES string of the molecule is CCCCCCC(C)OC(=O)C1(CN)CCCCCC1. The van der Waals surface area contributed by atoms with E-state index in [4.69, 9.17) is 10.5 Å². The van der Waals surface area contributed by atoms with Crippen LogP contribution in [0.1, 0.15) is 84.5 Å². The van der Waals surface area contributed by atoms with Crippen LogP contribution in [0.25, 0.3) is 0 Å². The van der Waals surface area contributed by atoms with Gasteiger partial charge in [-0.15, -0.1) is 0 Å². The maximum Gasteiger partial charge on any atom is 0.313 e. The van der Waals surface area contributed by atoms with Gasteiger partial charge in [-0.3, -0.25) is 4.79 Å². The minimum Gasteiger partial charge on any atom is -0.462 e. The maximum absolute atomic E-state index is 12.5. The van der Waals surface area contributed by atoms with Crippen molar-refractivity contribution in [2.24, 2.45) is 11.1 Å². The molecule has 0 aromatic carbocycles. The number of esters is 1. The predicted octanol–water partition coefficient (Wildman–Crippen LogP) is 4.19. The number of hydrogen-bond acceptors (Lipinski definition) is 3. The van der Waals surface area contributed by atoms with E-state index in [-0.39, 0.29) is 12.1 Å². The molecule has 1 aliphatic carbocycles. The second-order valence-corrected chi connectivity index (χ2v) is 6.46. The topological polar surface area (TPSA) is 52.3 Å². The summed E-state index contributed by atoms with van der Waals surface area (Å²) in [6.45, 7) is 4.67. The van der Waals surface area contributed by atoms with E-state index in [2.05, 4.69) is 6.92 Å². The number of rotatable bonds is 8. The number of unbranched alkanes of at least 4 members (excludes halogenated alkanes) is 3. The Morgan fingerprint density at radius 1 is 1.15 bits per heavy atom. The summed E-state index contributed by atoms with van der Waals surface area (Å²) in [5, 5.41) is 0. The van der Waals surface area contributed by atoms with Crippen molar-refractivity contribution in [3.05, 3.63) is 0 Å². The molecule has 0 heterocycles. The molecule has 0 saturated heterocycles. The molecular formula is C17H33NO2. The highest BCUT2D eigenvalue weighted by Gasteiger charge is 2.39. The van der Waals surface area contributed by atoms with Crippen molar-refractivity contribution in [2.75, 3.05) is 6.54 Å². The van der Waals surface area contributed by atoms with Gasteiger partial charge in [0.1, 0.15) is 0 Å². The Morgan fingerprint density at radius 2 is 1.80 bits per heavy atom. The smallest absolute Gasteiger partial charge is 0.313 e. The molecule has 0 amide bonds. The molecule has 1 saturated carbocycles. The highest BCUT2D eigenvalue weighted by atomic mass is 16.5. The van der Waals surface area contributed by atoms with Gasteiger partial charge in [0.15, 0.2) is 0 Å². The third-order valence-electron chi connectivity index (χ3n) is 4.66. The maximum atomic E-state index is 12.5. The molecule has 1 fully saturated rings. The minimum atomic E-state index is -0.395.